The molecule has 1 heterocycles. The maximum Gasteiger partial charge on any atom is 0.225 e. The minimum absolute atomic E-state index is 0.00926. The van der Waals surface area contributed by atoms with Crippen LogP contribution in [0.25, 0.3) is 0 Å². The number of aliphatic hydroxyl groups is 1. The number of aliphatic hydroxyl groups excluding tert-OH is 1. The molecule has 2 atom stereocenters. The molecular weight excluding hydrogens is 118 g/mol. The molecular formula is C6H11NO2. The van der Waals surface area contributed by atoms with Crippen molar-refractivity contribution in [3.63, 3.8) is 0 Å². The molecule has 0 saturated carbocycles. The minimum Gasteiger partial charge on any atom is -0.396 e. The zero-order chi connectivity index (χ0) is 6.85. The van der Waals surface area contributed by atoms with E-state index in [0.29, 0.717) is 12.5 Å². The van der Waals surface area contributed by atoms with E-state index in [4.69, 9.17) is 5.11 Å². The maximum atomic E-state index is 10.7. The summed E-state index contributed by atoms with van der Waals surface area (Å²) in [6, 6.07) is 0. The average molecular weight is 129 g/mol. The molecule has 0 radical (unpaired) electrons. The zero-order valence-corrected chi connectivity index (χ0v) is 5.42. The molecule has 1 saturated heterocycles. The molecule has 2 N–H and O–H groups in total. The third-order valence-corrected chi connectivity index (χ3v) is 1.82. The highest BCUT2D eigenvalue weighted by molar-refractivity contribution is 5.81. The Balaban J connectivity index is 2.55. The van der Waals surface area contributed by atoms with Crippen LogP contribution in [0.1, 0.15) is 6.92 Å². The van der Waals surface area contributed by atoms with E-state index in [1.54, 1.807) is 0 Å². The van der Waals surface area contributed by atoms with Gasteiger partial charge in [-0.25, -0.2) is 0 Å². The molecule has 9 heavy (non-hydrogen) atoms. The fraction of sp³-hybridized carbons (Fsp3) is 0.833. The summed E-state index contributed by atoms with van der Waals surface area (Å²) in [6.45, 7) is 2.65. The van der Waals surface area contributed by atoms with Crippen LogP contribution >= 0.6 is 0 Å². The first-order chi connectivity index (χ1) is 4.25. The molecule has 0 aromatic rings. The first-order valence-corrected chi connectivity index (χ1v) is 3.14. The lowest BCUT2D eigenvalue weighted by molar-refractivity contribution is -0.123. The molecule has 1 rings (SSSR count). The van der Waals surface area contributed by atoms with Gasteiger partial charge in [0.25, 0.3) is 0 Å². The smallest absolute Gasteiger partial charge is 0.225 e. The largest absolute Gasteiger partial charge is 0.396 e. The van der Waals surface area contributed by atoms with Gasteiger partial charge in [-0.15, -0.1) is 0 Å². The van der Waals surface area contributed by atoms with Crippen molar-refractivity contribution in [3.8, 4) is 0 Å². The van der Waals surface area contributed by atoms with Gasteiger partial charge in [0.15, 0.2) is 0 Å². The van der Waals surface area contributed by atoms with Gasteiger partial charge in [-0.05, 0) is 5.92 Å². The van der Waals surface area contributed by atoms with Crippen LogP contribution in [-0.4, -0.2) is 24.2 Å². The highest BCUT2D eigenvalue weighted by Gasteiger charge is 2.30. The van der Waals surface area contributed by atoms with Crippen molar-refractivity contribution in [1.29, 1.82) is 0 Å². The number of hydrogen-bond acceptors (Lipinski definition) is 2. The van der Waals surface area contributed by atoms with Crippen LogP contribution in [0.2, 0.25) is 0 Å². The lowest BCUT2D eigenvalue weighted by atomic mass is 9.99. The summed E-state index contributed by atoms with van der Waals surface area (Å²) >= 11 is 0. The molecule has 1 amide bonds. The normalized spacial score (nSPS) is 34.7. The summed E-state index contributed by atoms with van der Waals surface area (Å²) in [7, 11) is 0. The summed E-state index contributed by atoms with van der Waals surface area (Å²) in [5, 5.41) is 11.3. The average Bonchev–Trinajstić information content (AvgIpc) is 2.12. The summed E-state index contributed by atoms with van der Waals surface area (Å²) in [6.07, 6.45) is 0. The lowest BCUT2D eigenvalue weighted by Crippen LogP contribution is -2.22. The topological polar surface area (TPSA) is 49.3 Å². The Morgan fingerprint density at radius 1 is 1.89 bits per heavy atom. The summed E-state index contributed by atoms with van der Waals surface area (Å²) in [4.78, 5) is 10.7. The fourth-order valence-corrected chi connectivity index (χ4v) is 1.06. The number of rotatable bonds is 1. The zero-order valence-electron chi connectivity index (χ0n) is 5.42. The third-order valence-electron chi connectivity index (χ3n) is 1.82. The van der Waals surface area contributed by atoms with Gasteiger partial charge < -0.3 is 10.4 Å². The predicted molar refractivity (Wildman–Crippen MR) is 32.7 cm³/mol. The van der Waals surface area contributed by atoms with Gasteiger partial charge in [0.2, 0.25) is 5.91 Å². The highest BCUT2D eigenvalue weighted by atomic mass is 16.3. The van der Waals surface area contributed by atoms with Crippen molar-refractivity contribution in [2.45, 2.75) is 6.92 Å². The van der Waals surface area contributed by atoms with Crippen LogP contribution in [0.15, 0.2) is 0 Å². The third kappa shape index (κ3) is 1.05. The molecule has 3 heteroatoms. The summed E-state index contributed by atoms with van der Waals surface area (Å²) < 4.78 is 0. The van der Waals surface area contributed by atoms with E-state index in [2.05, 4.69) is 5.32 Å². The number of carbonyl (C=O) groups excluding carboxylic acids is 1. The van der Waals surface area contributed by atoms with Crippen molar-refractivity contribution in [2.24, 2.45) is 11.8 Å². The van der Waals surface area contributed by atoms with Gasteiger partial charge in [-0.2, -0.15) is 0 Å². The molecule has 0 aromatic carbocycles. The lowest BCUT2D eigenvalue weighted by Gasteiger charge is -2.05. The first kappa shape index (κ1) is 6.55. The summed E-state index contributed by atoms with van der Waals surface area (Å²) in [5.74, 6) is 0.123. The monoisotopic (exact) mass is 129 g/mol. The molecule has 3 nitrogen and oxygen atoms in total. The van der Waals surface area contributed by atoms with Gasteiger partial charge in [0, 0.05) is 6.54 Å². The molecule has 0 aliphatic carbocycles. The van der Waals surface area contributed by atoms with Gasteiger partial charge >= 0.3 is 0 Å². The van der Waals surface area contributed by atoms with Crippen LogP contribution in [0.5, 0.6) is 0 Å². The molecule has 52 valence electrons. The van der Waals surface area contributed by atoms with E-state index in [-0.39, 0.29) is 18.4 Å². The van der Waals surface area contributed by atoms with E-state index in [1.807, 2.05) is 6.92 Å². The van der Waals surface area contributed by atoms with Gasteiger partial charge in [-0.1, -0.05) is 6.92 Å². The molecule has 0 aromatic heterocycles. The predicted octanol–water partition coefficient (Wildman–Crippen LogP) is -0.639. The second-order valence-corrected chi connectivity index (χ2v) is 2.51. The maximum absolute atomic E-state index is 10.7. The van der Waals surface area contributed by atoms with E-state index in [0.717, 1.165) is 0 Å². The number of nitrogens with one attached hydrogen (secondary N) is 1. The second-order valence-electron chi connectivity index (χ2n) is 2.51. The van der Waals surface area contributed by atoms with Gasteiger partial charge in [0.05, 0.1) is 12.5 Å². The Kier molecular flexibility index (Phi) is 1.71. The Bertz CT molecular complexity index is 124. The quantitative estimate of drug-likeness (QED) is 0.495. The van der Waals surface area contributed by atoms with E-state index >= 15 is 0 Å². The molecule has 1 fully saturated rings. The fourth-order valence-electron chi connectivity index (χ4n) is 1.06. The standard InChI is InChI=1S/C6H11NO2/c1-4-2-7-6(9)5(4)3-8/h4-5,8H,2-3H2,1H3,(H,7,9). The Morgan fingerprint density at radius 2 is 2.56 bits per heavy atom. The molecule has 1 aliphatic rings. The Labute approximate surface area is 54.1 Å². The summed E-state index contributed by atoms with van der Waals surface area (Å²) in [5.41, 5.74) is 0. The van der Waals surface area contributed by atoms with Crippen LogP contribution in [0.3, 0.4) is 0 Å². The Morgan fingerprint density at radius 3 is 2.78 bits per heavy atom. The van der Waals surface area contributed by atoms with Crippen LogP contribution < -0.4 is 5.32 Å². The van der Waals surface area contributed by atoms with E-state index < -0.39 is 0 Å². The van der Waals surface area contributed by atoms with Crippen LogP contribution in [-0.2, 0) is 4.79 Å². The number of amides is 1. The van der Waals surface area contributed by atoms with Crippen molar-refractivity contribution in [2.75, 3.05) is 13.2 Å². The van der Waals surface area contributed by atoms with Crippen LogP contribution in [0, 0.1) is 11.8 Å². The number of carbonyl (C=O) groups is 1. The second kappa shape index (κ2) is 2.35. The highest BCUT2D eigenvalue weighted by Crippen LogP contribution is 2.15. The van der Waals surface area contributed by atoms with Gasteiger partial charge in [-0.3, -0.25) is 4.79 Å². The van der Waals surface area contributed by atoms with Gasteiger partial charge in [0.1, 0.15) is 0 Å². The SMILES string of the molecule is CC1CNC(=O)C1CO. The van der Waals surface area contributed by atoms with E-state index in [9.17, 15) is 4.79 Å². The molecule has 0 spiro atoms. The first-order valence-electron chi connectivity index (χ1n) is 3.14. The molecule has 1 aliphatic heterocycles. The van der Waals surface area contributed by atoms with Crippen LogP contribution in [0.4, 0.5) is 0 Å². The van der Waals surface area contributed by atoms with E-state index in [1.165, 1.54) is 0 Å². The number of hydrogen-bond donors (Lipinski definition) is 2. The van der Waals surface area contributed by atoms with Crippen molar-refractivity contribution >= 4 is 5.91 Å². The van der Waals surface area contributed by atoms with Crippen molar-refractivity contribution < 1.29 is 9.90 Å². The Hall–Kier alpha value is -0.570. The molecule has 0 bridgehead atoms. The van der Waals surface area contributed by atoms with Crippen molar-refractivity contribution in [3.05, 3.63) is 0 Å². The van der Waals surface area contributed by atoms with Crippen molar-refractivity contribution in [1.82, 2.24) is 5.32 Å². The minimum atomic E-state index is -0.162. The molecule has 2 unspecified atom stereocenters.